The molecule has 20 heavy (non-hydrogen) atoms. The van der Waals surface area contributed by atoms with E-state index in [-0.39, 0.29) is 6.04 Å². The van der Waals surface area contributed by atoms with Gasteiger partial charge in [-0.3, -0.25) is 0 Å². The third-order valence-corrected chi connectivity index (χ3v) is 4.69. The molecule has 0 saturated carbocycles. The van der Waals surface area contributed by atoms with Gasteiger partial charge in [-0.2, -0.15) is 0 Å². The number of hydrogen-bond donors (Lipinski definition) is 1. The fourth-order valence-electron chi connectivity index (χ4n) is 2.06. The molecule has 2 rings (SSSR count). The van der Waals surface area contributed by atoms with E-state index in [4.69, 9.17) is 17.3 Å². The Morgan fingerprint density at radius 2 is 2.00 bits per heavy atom. The Labute approximate surface area is 130 Å². The molecule has 2 aromatic rings. The Balaban J connectivity index is 2.13. The van der Waals surface area contributed by atoms with Crippen molar-refractivity contribution in [1.29, 1.82) is 0 Å². The summed E-state index contributed by atoms with van der Waals surface area (Å²) in [6.07, 6.45) is 1.96. The summed E-state index contributed by atoms with van der Waals surface area (Å²) in [6.45, 7) is 4.27. The highest BCUT2D eigenvalue weighted by molar-refractivity contribution is 7.99. The zero-order chi connectivity index (χ0) is 14.5. The number of nitrogens with two attached hydrogens (primary N) is 1. The zero-order valence-corrected chi connectivity index (χ0v) is 13.5. The van der Waals surface area contributed by atoms with Crippen LogP contribution in [0.5, 0.6) is 0 Å². The molecule has 1 atom stereocenters. The van der Waals surface area contributed by atoms with Gasteiger partial charge in [0.25, 0.3) is 0 Å². The Bertz CT molecular complexity index is 583. The van der Waals surface area contributed by atoms with Crippen LogP contribution < -0.4 is 5.73 Å². The van der Waals surface area contributed by atoms with Crippen molar-refractivity contribution >= 4 is 23.4 Å². The van der Waals surface area contributed by atoms with E-state index in [1.165, 1.54) is 20.9 Å². The quantitative estimate of drug-likeness (QED) is 0.833. The van der Waals surface area contributed by atoms with Crippen molar-refractivity contribution in [2.24, 2.45) is 5.73 Å². The van der Waals surface area contributed by atoms with Gasteiger partial charge in [0.15, 0.2) is 0 Å². The van der Waals surface area contributed by atoms with Gasteiger partial charge in [0.05, 0.1) is 0 Å². The molecule has 0 aliphatic heterocycles. The van der Waals surface area contributed by atoms with Crippen LogP contribution in [0.4, 0.5) is 0 Å². The zero-order valence-electron chi connectivity index (χ0n) is 11.9. The van der Waals surface area contributed by atoms with Gasteiger partial charge < -0.3 is 5.73 Å². The predicted molar refractivity (Wildman–Crippen MR) is 88.7 cm³/mol. The van der Waals surface area contributed by atoms with Crippen molar-refractivity contribution in [2.75, 3.05) is 0 Å². The molecule has 0 spiro atoms. The molecular formula is C17H20ClNS. The van der Waals surface area contributed by atoms with Gasteiger partial charge in [0, 0.05) is 20.9 Å². The van der Waals surface area contributed by atoms with Crippen LogP contribution in [-0.4, -0.2) is 6.04 Å². The maximum absolute atomic E-state index is 6.02. The third kappa shape index (κ3) is 4.27. The Morgan fingerprint density at radius 3 is 2.65 bits per heavy atom. The van der Waals surface area contributed by atoms with Gasteiger partial charge in [0.1, 0.15) is 0 Å². The minimum Gasteiger partial charge on any atom is -0.327 e. The van der Waals surface area contributed by atoms with E-state index in [2.05, 4.69) is 38.1 Å². The molecule has 0 aromatic heterocycles. The topological polar surface area (TPSA) is 26.0 Å². The normalized spacial score (nSPS) is 12.4. The first-order chi connectivity index (χ1) is 9.58. The highest BCUT2D eigenvalue weighted by Gasteiger charge is 2.06. The number of hydrogen-bond acceptors (Lipinski definition) is 2. The summed E-state index contributed by atoms with van der Waals surface area (Å²) in [5.41, 5.74) is 8.61. The molecular weight excluding hydrogens is 286 g/mol. The molecule has 0 heterocycles. The van der Waals surface area contributed by atoms with Crippen LogP contribution >= 0.6 is 23.4 Å². The molecule has 0 radical (unpaired) electrons. The van der Waals surface area contributed by atoms with E-state index in [9.17, 15) is 0 Å². The molecule has 0 aliphatic rings. The van der Waals surface area contributed by atoms with E-state index < -0.39 is 0 Å². The van der Waals surface area contributed by atoms with E-state index in [1.54, 1.807) is 11.8 Å². The van der Waals surface area contributed by atoms with Crippen LogP contribution in [0.3, 0.4) is 0 Å². The number of aryl methyl sites for hydroxylation is 1. The van der Waals surface area contributed by atoms with Crippen LogP contribution in [0.15, 0.2) is 52.3 Å². The fraction of sp³-hybridized carbons (Fsp3) is 0.294. The van der Waals surface area contributed by atoms with Crippen molar-refractivity contribution < 1.29 is 0 Å². The van der Waals surface area contributed by atoms with Crippen LogP contribution in [0, 0.1) is 6.92 Å². The first-order valence-corrected chi connectivity index (χ1v) is 8.06. The second kappa shape index (κ2) is 7.16. The SMILES string of the molecule is CCC(N)Cc1ccc(Sc2cccc(Cl)c2)c(C)c1. The molecule has 2 N–H and O–H groups in total. The van der Waals surface area contributed by atoms with Gasteiger partial charge in [-0.05, 0) is 55.2 Å². The smallest absolute Gasteiger partial charge is 0.0417 e. The van der Waals surface area contributed by atoms with E-state index >= 15 is 0 Å². The number of benzene rings is 2. The number of halogens is 1. The molecule has 0 fully saturated rings. The molecule has 0 amide bonds. The average molecular weight is 306 g/mol. The monoisotopic (exact) mass is 305 g/mol. The summed E-state index contributed by atoms with van der Waals surface area (Å²) in [6, 6.07) is 14.8. The van der Waals surface area contributed by atoms with Gasteiger partial charge in [-0.1, -0.05) is 48.5 Å². The largest absolute Gasteiger partial charge is 0.327 e. The maximum Gasteiger partial charge on any atom is 0.0417 e. The molecule has 2 aromatic carbocycles. The van der Waals surface area contributed by atoms with Crippen molar-refractivity contribution in [2.45, 2.75) is 42.5 Å². The first kappa shape index (κ1) is 15.4. The highest BCUT2D eigenvalue weighted by atomic mass is 35.5. The summed E-state index contributed by atoms with van der Waals surface area (Å²) < 4.78 is 0. The summed E-state index contributed by atoms with van der Waals surface area (Å²) in [7, 11) is 0. The lowest BCUT2D eigenvalue weighted by Gasteiger charge is -2.11. The van der Waals surface area contributed by atoms with Gasteiger partial charge in [-0.25, -0.2) is 0 Å². The van der Waals surface area contributed by atoms with Crippen LogP contribution in [0.2, 0.25) is 5.02 Å². The minimum atomic E-state index is 0.251. The molecule has 106 valence electrons. The lowest BCUT2D eigenvalue weighted by atomic mass is 10.0. The van der Waals surface area contributed by atoms with Gasteiger partial charge in [-0.15, -0.1) is 0 Å². The third-order valence-electron chi connectivity index (χ3n) is 3.29. The van der Waals surface area contributed by atoms with Crippen molar-refractivity contribution in [1.82, 2.24) is 0 Å². The highest BCUT2D eigenvalue weighted by Crippen LogP contribution is 2.32. The van der Waals surface area contributed by atoms with Gasteiger partial charge in [0.2, 0.25) is 0 Å². The predicted octanol–water partition coefficient (Wildman–Crippen LogP) is 5.08. The summed E-state index contributed by atoms with van der Waals surface area (Å²) in [4.78, 5) is 2.43. The lowest BCUT2D eigenvalue weighted by molar-refractivity contribution is 0.646. The fourth-order valence-corrected chi connectivity index (χ4v) is 3.25. The van der Waals surface area contributed by atoms with Crippen molar-refractivity contribution in [3.63, 3.8) is 0 Å². The molecule has 0 aliphatic carbocycles. The van der Waals surface area contributed by atoms with E-state index in [0.717, 1.165) is 17.9 Å². The standard InChI is InChI=1S/C17H20ClNS/c1-3-15(19)10-13-7-8-17(12(2)9-13)20-16-6-4-5-14(18)11-16/h4-9,11,15H,3,10,19H2,1-2H3. The average Bonchev–Trinajstić information content (AvgIpc) is 2.42. The lowest BCUT2D eigenvalue weighted by Crippen LogP contribution is -2.21. The molecule has 0 saturated heterocycles. The molecule has 1 nitrogen and oxygen atoms in total. The van der Waals surface area contributed by atoms with E-state index in [1.807, 2.05) is 18.2 Å². The van der Waals surface area contributed by atoms with Crippen molar-refractivity contribution in [3.05, 3.63) is 58.6 Å². The maximum atomic E-state index is 6.02. The van der Waals surface area contributed by atoms with Crippen LogP contribution in [0.1, 0.15) is 24.5 Å². The van der Waals surface area contributed by atoms with Crippen molar-refractivity contribution in [3.8, 4) is 0 Å². The van der Waals surface area contributed by atoms with Crippen LogP contribution in [-0.2, 0) is 6.42 Å². The second-order valence-electron chi connectivity index (χ2n) is 5.03. The summed E-state index contributed by atoms with van der Waals surface area (Å²) in [5.74, 6) is 0. The Kier molecular flexibility index (Phi) is 5.53. The molecule has 3 heteroatoms. The van der Waals surface area contributed by atoms with Gasteiger partial charge >= 0.3 is 0 Å². The molecule has 1 unspecified atom stereocenters. The first-order valence-electron chi connectivity index (χ1n) is 6.87. The van der Waals surface area contributed by atoms with E-state index in [0.29, 0.717) is 0 Å². The summed E-state index contributed by atoms with van der Waals surface area (Å²) >= 11 is 7.77. The molecule has 0 bridgehead atoms. The second-order valence-corrected chi connectivity index (χ2v) is 6.58. The Hall–Kier alpha value is -0.960. The minimum absolute atomic E-state index is 0.251. The number of rotatable bonds is 5. The summed E-state index contributed by atoms with van der Waals surface area (Å²) in [5, 5.41) is 0.776. The Morgan fingerprint density at radius 1 is 1.20 bits per heavy atom. The van der Waals surface area contributed by atoms with Crippen LogP contribution in [0.25, 0.3) is 0 Å².